The zero-order valence-corrected chi connectivity index (χ0v) is 11.8. The molecule has 100 valence electrons. The number of benzene rings is 1. The Bertz CT molecular complexity index is 476. The van der Waals surface area contributed by atoms with E-state index in [9.17, 15) is 0 Å². The van der Waals surface area contributed by atoms with E-state index in [4.69, 9.17) is 0 Å². The summed E-state index contributed by atoms with van der Waals surface area (Å²) < 4.78 is 0. The second kappa shape index (κ2) is 7.05. The van der Waals surface area contributed by atoms with Gasteiger partial charge in [-0.3, -0.25) is 4.98 Å². The maximum atomic E-state index is 4.47. The number of rotatable bonds is 6. The van der Waals surface area contributed by atoms with Crippen molar-refractivity contribution in [1.29, 1.82) is 0 Å². The van der Waals surface area contributed by atoms with Crippen LogP contribution >= 0.6 is 0 Å². The van der Waals surface area contributed by atoms with Crippen molar-refractivity contribution in [3.05, 3.63) is 65.5 Å². The summed E-state index contributed by atoms with van der Waals surface area (Å²) in [6.07, 6.45) is 3.94. The van der Waals surface area contributed by atoms with Crippen LogP contribution in [-0.2, 0) is 12.8 Å². The van der Waals surface area contributed by atoms with Crippen LogP contribution < -0.4 is 5.32 Å². The maximum Gasteiger partial charge on any atom is 0.0576 e. The predicted molar refractivity (Wildman–Crippen MR) is 80.2 cm³/mol. The molecule has 1 atom stereocenters. The fraction of sp³-hybridized carbons (Fsp3) is 0.353. The van der Waals surface area contributed by atoms with Crippen molar-refractivity contribution in [1.82, 2.24) is 10.3 Å². The second-order valence-corrected chi connectivity index (χ2v) is 4.74. The molecule has 0 saturated heterocycles. The number of hydrogen-bond donors (Lipinski definition) is 1. The average Bonchev–Trinajstić information content (AvgIpc) is 2.48. The second-order valence-electron chi connectivity index (χ2n) is 4.74. The minimum absolute atomic E-state index is 0.290. The molecule has 0 spiro atoms. The Labute approximate surface area is 115 Å². The van der Waals surface area contributed by atoms with Crippen molar-refractivity contribution in [3.8, 4) is 0 Å². The third-order valence-electron chi connectivity index (χ3n) is 3.37. The molecular formula is C17H22N2. The lowest BCUT2D eigenvalue weighted by Crippen LogP contribution is -2.23. The first-order valence-electron chi connectivity index (χ1n) is 7.05. The molecule has 0 radical (unpaired) electrons. The van der Waals surface area contributed by atoms with E-state index in [2.05, 4.69) is 54.5 Å². The molecule has 19 heavy (non-hydrogen) atoms. The van der Waals surface area contributed by atoms with E-state index < -0.39 is 0 Å². The van der Waals surface area contributed by atoms with Gasteiger partial charge in [-0.15, -0.1) is 0 Å². The third kappa shape index (κ3) is 3.90. The number of pyridine rings is 1. The highest BCUT2D eigenvalue weighted by molar-refractivity contribution is 5.24. The molecular weight excluding hydrogens is 232 g/mol. The minimum atomic E-state index is 0.290. The highest BCUT2D eigenvalue weighted by atomic mass is 14.9. The van der Waals surface area contributed by atoms with Gasteiger partial charge in [-0.2, -0.15) is 0 Å². The minimum Gasteiger partial charge on any atom is -0.309 e. The van der Waals surface area contributed by atoms with E-state index >= 15 is 0 Å². The van der Waals surface area contributed by atoms with E-state index in [-0.39, 0.29) is 0 Å². The standard InChI is InChI=1S/C17H22N2/c1-3-14-8-10-15(11-9-14)13-17(18-4-2)16-7-5-6-12-19-16/h5-12,17-18H,3-4,13H2,1-2H3. The number of hydrogen-bond acceptors (Lipinski definition) is 2. The molecule has 1 aromatic heterocycles. The first-order chi connectivity index (χ1) is 9.33. The summed E-state index contributed by atoms with van der Waals surface area (Å²) in [6.45, 7) is 5.27. The average molecular weight is 254 g/mol. The molecule has 2 rings (SSSR count). The number of aromatic nitrogens is 1. The summed E-state index contributed by atoms with van der Waals surface area (Å²) in [7, 11) is 0. The van der Waals surface area contributed by atoms with Gasteiger partial charge in [0.15, 0.2) is 0 Å². The molecule has 0 aliphatic carbocycles. The monoisotopic (exact) mass is 254 g/mol. The van der Waals surface area contributed by atoms with Crippen molar-refractivity contribution in [2.24, 2.45) is 0 Å². The van der Waals surface area contributed by atoms with Gasteiger partial charge in [0, 0.05) is 6.20 Å². The molecule has 0 amide bonds. The summed E-state index contributed by atoms with van der Waals surface area (Å²) in [4.78, 5) is 4.47. The van der Waals surface area contributed by atoms with Crippen molar-refractivity contribution < 1.29 is 0 Å². The SMILES string of the molecule is CCNC(Cc1ccc(CC)cc1)c1ccccn1. The van der Waals surface area contributed by atoms with Gasteiger partial charge in [0.25, 0.3) is 0 Å². The number of nitrogens with one attached hydrogen (secondary N) is 1. The quantitative estimate of drug-likeness (QED) is 0.853. The van der Waals surface area contributed by atoms with E-state index in [1.807, 2.05) is 18.3 Å². The van der Waals surface area contributed by atoms with Crippen molar-refractivity contribution in [3.63, 3.8) is 0 Å². The summed E-state index contributed by atoms with van der Waals surface area (Å²) >= 11 is 0. The van der Waals surface area contributed by atoms with Gasteiger partial charge in [0.2, 0.25) is 0 Å². The third-order valence-corrected chi connectivity index (χ3v) is 3.37. The molecule has 1 aromatic carbocycles. The molecule has 2 aromatic rings. The Morgan fingerprint density at radius 1 is 1.00 bits per heavy atom. The predicted octanol–water partition coefficient (Wildman–Crippen LogP) is 3.54. The lowest BCUT2D eigenvalue weighted by Gasteiger charge is -2.17. The fourth-order valence-corrected chi connectivity index (χ4v) is 2.26. The zero-order chi connectivity index (χ0) is 13.5. The first-order valence-corrected chi connectivity index (χ1v) is 7.05. The molecule has 0 bridgehead atoms. The van der Waals surface area contributed by atoms with Crippen LogP contribution in [0.1, 0.15) is 36.7 Å². The van der Waals surface area contributed by atoms with E-state index in [1.165, 1.54) is 11.1 Å². The highest BCUT2D eigenvalue weighted by Gasteiger charge is 2.11. The molecule has 1 unspecified atom stereocenters. The molecule has 0 aliphatic heterocycles. The van der Waals surface area contributed by atoms with Gasteiger partial charge in [0.1, 0.15) is 0 Å². The van der Waals surface area contributed by atoms with Crippen molar-refractivity contribution in [2.75, 3.05) is 6.54 Å². The van der Waals surface area contributed by atoms with Gasteiger partial charge in [-0.25, -0.2) is 0 Å². The molecule has 1 N–H and O–H groups in total. The molecule has 0 saturated carbocycles. The van der Waals surface area contributed by atoms with Crippen LogP contribution in [0.2, 0.25) is 0 Å². The molecule has 2 heteroatoms. The zero-order valence-electron chi connectivity index (χ0n) is 11.8. The van der Waals surface area contributed by atoms with Crippen LogP contribution in [0.15, 0.2) is 48.7 Å². The smallest absolute Gasteiger partial charge is 0.0576 e. The molecule has 1 heterocycles. The van der Waals surface area contributed by atoms with Crippen LogP contribution in [0.25, 0.3) is 0 Å². The topological polar surface area (TPSA) is 24.9 Å². The summed E-state index contributed by atoms with van der Waals surface area (Å²) in [5.74, 6) is 0. The number of nitrogens with zero attached hydrogens (tertiary/aromatic N) is 1. The van der Waals surface area contributed by atoms with Gasteiger partial charge >= 0.3 is 0 Å². The van der Waals surface area contributed by atoms with Crippen LogP contribution in [0, 0.1) is 0 Å². The summed E-state index contributed by atoms with van der Waals surface area (Å²) in [5.41, 5.74) is 3.86. The van der Waals surface area contributed by atoms with Gasteiger partial charge in [0.05, 0.1) is 11.7 Å². The molecule has 0 aliphatic rings. The summed E-state index contributed by atoms with van der Waals surface area (Å²) in [6, 6.07) is 15.3. The summed E-state index contributed by atoms with van der Waals surface area (Å²) in [5, 5.41) is 3.51. The van der Waals surface area contributed by atoms with E-state index in [0.29, 0.717) is 6.04 Å². The fourth-order valence-electron chi connectivity index (χ4n) is 2.26. The first kappa shape index (κ1) is 13.8. The Hall–Kier alpha value is -1.67. The number of likely N-dealkylation sites (N-methyl/N-ethyl adjacent to an activating group) is 1. The van der Waals surface area contributed by atoms with Crippen LogP contribution in [-0.4, -0.2) is 11.5 Å². The van der Waals surface area contributed by atoms with E-state index in [1.54, 1.807) is 0 Å². The lowest BCUT2D eigenvalue weighted by atomic mass is 10.0. The van der Waals surface area contributed by atoms with Gasteiger partial charge in [-0.05, 0) is 42.6 Å². The molecule has 0 fully saturated rings. The molecule has 2 nitrogen and oxygen atoms in total. The largest absolute Gasteiger partial charge is 0.309 e. The lowest BCUT2D eigenvalue weighted by molar-refractivity contribution is 0.536. The Morgan fingerprint density at radius 2 is 1.74 bits per heavy atom. The van der Waals surface area contributed by atoms with Crippen molar-refractivity contribution >= 4 is 0 Å². The van der Waals surface area contributed by atoms with Gasteiger partial charge in [-0.1, -0.05) is 44.2 Å². The van der Waals surface area contributed by atoms with Crippen molar-refractivity contribution in [2.45, 2.75) is 32.7 Å². The van der Waals surface area contributed by atoms with E-state index in [0.717, 1.165) is 25.1 Å². The highest BCUT2D eigenvalue weighted by Crippen LogP contribution is 2.17. The van der Waals surface area contributed by atoms with Crippen LogP contribution in [0.3, 0.4) is 0 Å². The maximum absolute atomic E-state index is 4.47. The number of aryl methyl sites for hydroxylation is 1. The van der Waals surface area contributed by atoms with Crippen LogP contribution in [0.4, 0.5) is 0 Å². The Morgan fingerprint density at radius 3 is 2.32 bits per heavy atom. The van der Waals surface area contributed by atoms with Crippen LogP contribution in [0.5, 0.6) is 0 Å². The Kier molecular flexibility index (Phi) is 5.10. The Balaban J connectivity index is 2.11. The van der Waals surface area contributed by atoms with Gasteiger partial charge < -0.3 is 5.32 Å². The normalized spacial score (nSPS) is 12.3.